The minimum atomic E-state index is -0.564. The number of anilines is 2. The third kappa shape index (κ3) is 4.78. The predicted octanol–water partition coefficient (Wildman–Crippen LogP) is 3.82. The number of phenolic OH excluding ortho intramolecular Hbond substituents is 1. The highest BCUT2D eigenvalue weighted by Crippen LogP contribution is 2.28. The van der Waals surface area contributed by atoms with E-state index in [1.165, 1.54) is 12.1 Å². The highest BCUT2D eigenvalue weighted by Gasteiger charge is 2.21. The molecule has 7 nitrogen and oxygen atoms in total. The van der Waals surface area contributed by atoms with Gasteiger partial charge in [-0.2, -0.15) is 0 Å². The molecule has 0 atom stereocenters. The van der Waals surface area contributed by atoms with Gasteiger partial charge < -0.3 is 21.1 Å². The lowest BCUT2D eigenvalue weighted by atomic mass is 9.97. The van der Waals surface area contributed by atoms with Gasteiger partial charge in [0.2, 0.25) is 5.91 Å². The monoisotopic (exact) mass is 431 g/mol. The van der Waals surface area contributed by atoms with Gasteiger partial charge in [0.05, 0.1) is 11.1 Å². The van der Waals surface area contributed by atoms with Gasteiger partial charge in [-0.05, 0) is 56.3 Å². The van der Waals surface area contributed by atoms with Gasteiger partial charge >= 0.3 is 0 Å². The molecule has 0 radical (unpaired) electrons. The Hall–Kier alpha value is -4.13. The van der Waals surface area contributed by atoms with Gasteiger partial charge in [0.1, 0.15) is 5.75 Å². The normalized spacial score (nSPS) is 10.4. The lowest BCUT2D eigenvalue weighted by Gasteiger charge is -2.21. The smallest absolute Gasteiger partial charge is 0.256 e. The summed E-state index contributed by atoms with van der Waals surface area (Å²) >= 11 is 0. The SMILES string of the molecule is CCN(CC)c1ccc(C(=O)c2ccccc2C(=O)Nc2ccc(C(N)=O)cc2)c(O)c1. The van der Waals surface area contributed by atoms with E-state index >= 15 is 0 Å². The summed E-state index contributed by atoms with van der Waals surface area (Å²) < 4.78 is 0. The fraction of sp³-hybridized carbons (Fsp3) is 0.160. The van der Waals surface area contributed by atoms with Crippen molar-refractivity contribution in [1.29, 1.82) is 0 Å². The number of hydrogen-bond donors (Lipinski definition) is 3. The molecule has 4 N–H and O–H groups in total. The zero-order chi connectivity index (χ0) is 23.3. The van der Waals surface area contributed by atoms with Crippen LogP contribution < -0.4 is 16.0 Å². The van der Waals surface area contributed by atoms with Crippen molar-refractivity contribution in [3.8, 4) is 5.75 Å². The number of carbonyl (C=O) groups is 3. The van der Waals surface area contributed by atoms with Gasteiger partial charge in [0.15, 0.2) is 5.78 Å². The van der Waals surface area contributed by atoms with Gasteiger partial charge in [-0.25, -0.2) is 0 Å². The largest absolute Gasteiger partial charge is 0.507 e. The number of aromatic hydroxyl groups is 1. The average Bonchev–Trinajstić information content (AvgIpc) is 2.80. The third-order valence-electron chi connectivity index (χ3n) is 5.20. The molecule has 32 heavy (non-hydrogen) atoms. The van der Waals surface area contributed by atoms with Gasteiger partial charge in [-0.1, -0.05) is 18.2 Å². The van der Waals surface area contributed by atoms with E-state index in [0.29, 0.717) is 11.3 Å². The van der Waals surface area contributed by atoms with Crippen LogP contribution >= 0.6 is 0 Å². The molecule has 0 fully saturated rings. The van der Waals surface area contributed by atoms with Crippen LogP contribution in [0.1, 0.15) is 50.5 Å². The Bertz CT molecular complexity index is 1150. The average molecular weight is 431 g/mol. The van der Waals surface area contributed by atoms with E-state index < -0.39 is 17.6 Å². The molecule has 3 aromatic rings. The molecule has 3 aromatic carbocycles. The number of nitrogens with one attached hydrogen (secondary N) is 1. The molecule has 0 saturated heterocycles. The molecule has 0 saturated carbocycles. The van der Waals surface area contributed by atoms with E-state index in [9.17, 15) is 19.5 Å². The summed E-state index contributed by atoms with van der Waals surface area (Å²) in [4.78, 5) is 39.3. The second-order valence-corrected chi connectivity index (χ2v) is 7.14. The molecule has 0 bridgehead atoms. The molecule has 164 valence electrons. The third-order valence-corrected chi connectivity index (χ3v) is 5.20. The number of carbonyl (C=O) groups excluding carboxylic acids is 3. The van der Waals surface area contributed by atoms with E-state index in [2.05, 4.69) is 10.2 Å². The summed E-state index contributed by atoms with van der Waals surface area (Å²) in [5.74, 6) is -1.65. The number of rotatable bonds is 8. The first-order chi connectivity index (χ1) is 15.3. The topological polar surface area (TPSA) is 113 Å². The fourth-order valence-electron chi connectivity index (χ4n) is 3.44. The van der Waals surface area contributed by atoms with Crippen LogP contribution in [0.25, 0.3) is 0 Å². The lowest BCUT2D eigenvalue weighted by molar-refractivity contribution is 0.0995. The van der Waals surface area contributed by atoms with Crippen molar-refractivity contribution in [3.63, 3.8) is 0 Å². The maximum absolute atomic E-state index is 13.2. The fourth-order valence-corrected chi connectivity index (χ4v) is 3.44. The summed E-state index contributed by atoms with van der Waals surface area (Å²) in [5, 5.41) is 13.2. The molecule has 0 aliphatic carbocycles. The van der Waals surface area contributed by atoms with Crippen LogP contribution in [-0.2, 0) is 0 Å². The molecule has 0 unspecified atom stereocenters. The molecule has 0 heterocycles. The quantitative estimate of drug-likeness (QED) is 0.469. The number of phenols is 1. The summed E-state index contributed by atoms with van der Waals surface area (Å²) in [5.41, 5.74) is 7.28. The van der Waals surface area contributed by atoms with Gasteiger partial charge in [-0.15, -0.1) is 0 Å². The summed E-state index contributed by atoms with van der Waals surface area (Å²) in [6, 6.07) is 17.4. The van der Waals surface area contributed by atoms with E-state index in [1.54, 1.807) is 54.6 Å². The Kier molecular flexibility index (Phi) is 6.90. The molecule has 3 rings (SSSR count). The lowest BCUT2D eigenvalue weighted by Crippen LogP contribution is -2.22. The number of amides is 2. The van der Waals surface area contributed by atoms with Crippen LogP contribution in [-0.4, -0.2) is 35.8 Å². The van der Waals surface area contributed by atoms with Crippen LogP contribution in [0.2, 0.25) is 0 Å². The van der Waals surface area contributed by atoms with Crippen molar-refractivity contribution >= 4 is 29.0 Å². The van der Waals surface area contributed by atoms with Crippen LogP contribution in [0.15, 0.2) is 66.7 Å². The van der Waals surface area contributed by atoms with Crippen molar-refractivity contribution in [2.75, 3.05) is 23.3 Å². The Labute approximate surface area is 186 Å². The Balaban J connectivity index is 1.88. The number of ketones is 1. The maximum Gasteiger partial charge on any atom is 0.256 e. The van der Waals surface area contributed by atoms with E-state index in [4.69, 9.17) is 5.73 Å². The maximum atomic E-state index is 13.2. The molecule has 0 spiro atoms. The highest BCUT2D eigenvalue weighted by atomic mass is 16.3. The number of nitrogens with two attached hydrogens (primary N) is 1. The number of hydrogen-bond acceptors (Lipinski definition) is 5. The molecule has 0 aromatic heterocycles. The number of benzene rings is 3. The van der Waals surface area contributed by atoms with Crippen LogP contribution in [0, 0.1) is 0 Å². The van der Waals surface area contributed by atoms with Gasteiger partial charge in [0.25, 0.3) is 5.91 Å². The number of nitrogens with zero attached hydrogens (tertiary/aromatic N) is 1. The Morgan fingerprint density at radius 2 is 1.50 bits per heavy atom. The molecule has 7 heteroatoms. The molecule has 0 aliphatic heterocycles. The zero-order valence-corrected chi connectivity index (χ0v) is 18.0. The second kappa shape index (κ2) is 9.78. The molecular weight excluding hydrogens is 406 g/mol. The van der Waals surface area contributed by atoms with E-state index in [-0.39, 0.29) is 22.4 Å². The summed E-state index contributed by atoms with van der Waals surface area (Å²) in [6.07, 6.45) is 0. The van der Waals surface area contributed by atoms with E-state index in [1.807, 2.05) is 13.8 Å². The predicted molar refractivity (Wildman–Crippen MR) is 124 cm³/mol. The summed E-state index contributed by atoms with van der Waals surface area (Å²) in [6.45, 7) is 5.56. The van der Waals surface area contributed by atoms with Crippen LogP contribution in [0.5, 0.6) is 5.75 Å². The molecular formula is C25H25N3O4. The number of primary amides is 1. The standard InChI is InChI=1S/C25H25N3O4/c1-3-28(4-2)18-13-14-21(22(29)15-18)23(30)19-7-5-6-8-20(19)25(32)27-17-11-9-16(10-12-17)24(26)31/h5-15,29H,3-4H2,1-2H3,(H2,26,31)(H,27,32). The minimum Gasteiger partial charge on any atom is -0.507 e. The minimum absolute atomic E-state index is 0.118. The van der Waals surface area contributed by atoms with Crippen molar-refractivity contribution < 1.29 is 19.5 Å². The first kappa shape index (κ1) is 22.6. The van der Waals surface area contributed by atoms with Crippen molar-refractivity contribution in [2.24, 2.45) is 5.73 Å². The summed E-state index contributed by atoms with van der Waals surface area (Å²) in [7, 11) is 0. The first-order valence-electron chi connectivity index (χ1n) is 10.3. The zero-order valence-electron chi connectivity index (χ0n) is 18.0. The first-order valence-corrected chi connectivity index (χ1v) is 10.3. The van der Waals surface area contributed by atoms with Gasteiger partial charge in [-0.3, -0.25) is 14.4 Å². The van der Waals surface area contributed by atoms with Gasteiger partial charge in [0, 0.05) is 41.7 Å². The van der Waals surface area contributed by atoms with Crippen molar-refractivity contribution in [3.05, 3.63) is 89.0 Å². The van der Waals surface area contributed by atoms with Crippen molar-refractivity contribution in [2.45, 2.75) is 13.8 Å². The Morgan fingerprint density at radius 1 is 0.875 bits per heavy atom. The van der Waals surface area contributed by atoms with Crippen LogP contribution in [0.4, 0.5) is 11.4 Å². The molecule has 0 aliphatic rings. The van der Waals surface area contributed by atoms with E-state index in [0.717, 1.165) is 18.8 Å². The highest BCUT2D eigenvalue weighted by molar-refractivity contribution is 6.18. The van der Waals surface area contributed by atoms with Crippen LogP contribution in [0.3, 0.4) is 0 Å². The Morgan fingerprint density at radius 3 is 2.06 bits per heavy atom. The van der Waals surface area contributed by atoms with Crippen molar-refractivity contribution in [1.82, 2.24) is 0 Å². The second-order valence-electron chi connectivity index (χ2n) is 7.14. The molecule has 2 amide bonds.